The molecular weight excluding hydrogens is 342 g/mol. The van der Waals surface area contributed by atoms with E-state index in [4.69, 9.17) is 9.47 Å². The van der Waals surface area contributed by atoms with Crippen LogP contribution in [0.15, 0.2) is 48.7 Å². The molecule has 1 aliphatic heterocycles. The number of benzene rings is 1. The lowest BCUT2D eigenvalue weighted by Gasteiger charge is -2.32. The van der Waals surface area contributed by atoms with Crippen LogP contribution in [0.4, 0.5) is 10.5 Å². The van der Waals surface area contributed by atoms with Crippen molar-refractivity contribution >= 4 is 11.7 Å². The average Bonchev–Trinajstić information content (AvgIpc) is 2.72. The van der Waals surface area contributed by atoms with E-state index < -0.39 is 0 Å². The molecule has 1 N–H and O–H groups in total. The van der Waals surface area contributed by atoms with E-state index in [1.54, 1.807) is 6.20 Å². The number of aromatic nitrogens is 1. The van der Waals surface area contributed by atoms with Gasteiger partial charge in [0.05, 0.1) is 11.8 Å². The Morgan fingerprint density at radius 2 is 2.11 bits per heavy atom. The van der Waals surface area contributed by atoms with Gasteiger partial charge in [0, 0.05) is 31.6 Å². The Morgan fingerprint density at radius 3 is 2.85 bits per heavy atom. The zero-order valence-electron chi connectivity index (χ0n) is 15.8. The summed E-state index contributed by atoms with van der Waals surface area (Å²) in [4.78, 5) is 18.6. The number of piperidine rings is 1. The van der Waals surface area contributed by atoms with E-state index in [1.807, 2.05) is 47.4 Å². The summed E-state index contributed by atoms with van der Waals surface area (Å²) in [7, 11) is 0. The van der Waals surface area contributed by atoms with Gasteiger partial charge in [-0.2, -0.15) is 0 Å². The predicted molar refractivity (Wildman–Crippen MR) is 105 cm³/mol. The van der Waals surface area contributed by atoms with Gasteiger partial charge in [0.25, 0.3) is 0 Å². The fourth-order valence-electron chi connectivity index (χ4n) is 3.02. The number of carbonyl (C=O) groups excluding carboxylic acids is 1. The number of anilines is 1. The number of nitrogens with one attached hydrogen (secondary N) is 1. The van der Waals surface area contributed by atoms with Crippen molar-refractivity contribution in [1.82, 2.24) is 9.88 Å². The van der Waals surface area contributed by atoms with E-state index in [-0.39, 0.29) is 12.1 Å². The van der Waals surface area contributed by atoms with Crippen LogP contribution in [0.5, 0.6) is 5.75 Å². The van der Waals surface area contributed by atoms with E-state index in [0.717, 1.165) is 49.5 Å². The Kier molecular flexibility index (Phi) is 7.04. The minimum atomic E-state index is -0.0815. The van der Waals surface area contributed by atoms with Crippen LogP contribution in [0.25, 0.3) is 0 Å². The van der Waals surface area contributed by atoms with Crippen LogP contribution >= 0.6 is 0 Å². The summed E-state index contributed by atoms with van der Waals surface area (Å²) in [5.74, 6) is 0.740. The topological polar surface area (TPSA) is 63.7 Å². The first-order chi connectivity index (χ1) is 13.2. The molecule has 1 aromatic heterocycles. The highest BCUT2D eigenvalue weighted by molar-refractivity contribution is 5.89. The SMILES string of the molecule is CCCOC1CCCN(C(=O)Nc2ccc(OCc3ccccn3)cc2)C1. The van der Waals surface area contributed by atoms with Crippen molar-refractivity contribution in [3.05, 3.63) is 54.4 Å². The smallest absolute Gasteiger partial charge is 0.321 e. The summed E-state index contributed by atoms with van der Waals surface area (Å²) in [5.41, 5.74) is 1.63. The second-order valence-electron chi connectivity index (χ2n) is 6.65. The minimum Gasteiger partial charge on any atom is -0.487 e. The van der Waals surface area contributed by atoms with Crippen LogP contribution in [0, 0.1) is 0 Å². The Bertz CT molecular complexity index is 706. The maximum atomic E-state index is 12.5. The van der Waals surface area contributed by atoms with Gasteiger partial charge in [0.1, 0.15) is 12.4 Å². The highest BCUT2D eigenvalue weighted by atomic mass is 16.5. The molecule has 1 unspecified atom stereocenters. The number of urea groups is 1. The number of carbonyl (C=O) groups is 1. The largest absolute Gasteiger partial charge is 0.487 e. The summed E-state index contributed by atoms with van der Waals surface area (Å²) < 4.78 is 11.5. The van der Waals surface area contributed by atoms with Gasteiger partial charge in [0.15, 0.2) is 0 Å². The van der Waals surface area contributed by atoms with Gasteiger partial charge in [0.2, 0.25) is 0 Å². The van der Waals surface area contributed by atoms with Gasteiger partial charge in [-0.05, 0) is 55.7 Å². The zero-order chi connectivity index (χ0) is 18.9. The first-order valence-electron chi connectivity index (χ1n) is 9.55. The Hall–Kier alpha value is -2.60. The van der Waals surface area contributed by atoms with Crippen LogP contribution in [0.1, 0.15) is 31.9 Å². The molecule has 3 rings (SSSR count). The van der Waals surface area contributed by atoms with E-state index in [2.05, 4.69) is 17.2 Å². The highest BCUT2D eigenvalue weighted by Gasteiger charge is 2.24. The third-order valence-electron chi connectivity index (χ3n) is 4.44. The molecule has 0 spiro atoms. The van der Waals surface area contributed by atoms with Crippen LogP contribution in [0.2, 0.25) is 0 Å². The maximum Gasteiger partial charge on any atom is 0.321 e. The van der Waals surface area contributed by atoms with Crippen LogP contribution in [0.3, 0.4) is 0 Å². The molecule has 1 aromatic carbocycles. The lowest BCUT2D eigenvalue weighted by atomic mass is 10.1. The number of amides is 2. The number of hydrogen-bond donors (Lipinski definition) is 1. The Morgan fingerprint density at radius 1 is 1.26 bits per heavy atom. The summed E-state index contributed by atoms with van der Waals surface area (Å²) in [6.07, 6.45) is 4.88. The first kappa shape index (κ1) is 19.2. The normalized spacial score (nSPS) is 16.8. The van der Waals surface area contributed by atoms with Gasteiger partial charge in [-0.3, -0.25) is 4.98 Å². The zero-order valence-corrected chi connectivity index (χ0v) is 15.8. The number of rotatable bonds is 7. The third kappa shape index (κ3) is 5.96. The lowest BCUT2D eigenvalue weighted by Crippen LogP contribution is -2.45. The van der Waals surface area contributed by atoms with Crippen LogP contribution in [-0.4, -0.2) is 41.7 Å². The highest BCUT2D eigenvalue weighted by Crippen LogP contribution is 2.19. The number of ether oxygens (including phenoxy) is 2. The molecule has 1 atom stereocenters. The molecule has 2 aromatic rings. The molecule has 0 aliphatic carbocycles. The molecule has 1 fully saturated rings. The second-order valence-corrected chi connectivity index (χ2v) is 6.65. The molecule has 2 amide bonds. The molecule has 2 heterocycles. The van der Waals surface area contributed by atoms with Crippen molar-refractivity contribution in [1.29, 1.82) is 0 Å². The molecule has 0 saturated carbocycles. The van der Waals surface area contributed by atoms with Crippen molar-refractivity contribution in [2.24, 2.45) is 0 Å². The van der Waals surface area contributed by atoms with Gasteiger partial charge in [-0.1, -0.05) is 13.0 Å². The fourth-order valence-corrected chi connectivity index (χ4v) is 3.02. The molecular formula is C21H27N3O3. The molecule has 144 valence electrons. The number of hydrogen-bond acceptors (Lipinski definition) is 4. The van der Waals surface area contributed by atoms with Gasteiger partial charge < -0.3 is 19.7 Å². The minimum absolute atomic E-state index is 0.0815. The Labute approximate surface area is 160 Å². The number of nitrogens with zero attached hydrogens (tertiary/aromatic N) is 2. The van der Waals surface area contributed by atoms with Crippen LogP contribution in [-0.2, 0) is 11.3 Å². The monoisotopic (exact) mass is 369 g/mol. The van der Waals surface area contributed by atoms with Gasteiger partial charge >= 0.3 is 6.03 Å². The van der Waals surface area contributed by atoms with E-state index in [1.165, 1.54) is 0 Å². The molecule has 6 heteroatoms. The summed E-state index contributed by atoms with van der Waals surface area (Å²) >= 11 is 0. The lowest BCUT2D eigenvalue weighted by molar-refractivity contribution is 0.0115. The first-order valence-corrected chi connectivity index (χ1v) is 9.55. The maximum absolute atomic E-state index is 12.5. The molecule has 0 bridgehead atoms. The average molecular weight is 369 g/mol. The summed E-state index contributed by atoms with van der Waals surface area (Å²) in [6, 6.07) is 13.0. The second kappa shape index (κ2) is 9.92. The van der Waals surface area contributed by atoms with E-state index in [9.17, 15) is 4.79 Å². The van der Waals surface area contributed by atoms with Gasteiger partial charge in [-0.15, -0.1) is 0 Å². The Balaban J connectivity index is 1.48. The number of likely N-dealkylation sites (tertiary alicyclic amines) is 1. The summed E-state index contributed by atoms with van der Waals surface area (Å²) in [6.45, 7) is 4.68. The molecule has 27 heavy (non-hydrogen) atoms. The molecule has 6 nitrogen and oxygen atoms in total. The molecule has 1 aliphatic rings. The van der Waals surface area contributed by atoms with Crippen molar-refractivity contribution in [3.8, 4) is 5.75 Å². The van der Waals surface area contributed by atoms with Crippen molar-refractivity contribution in [2.45, 2.75) is 38.9 Å². The van der Waals surface area contributed by atoms with Gasteiger partial charge in [-0.25, -0.2) is 4.79 Å². The standard InChI is InChI=1S/C21H27N3O3/c1-2-14-26-20-7-5-13-24(15-20)21(25)23-17-8-10-19(11-9-17)27-16-18-6-3-4-12-22-18/h3-4,6,8-12,20H,2,5,7,13-16H2,1H3,(H,23,25). The summed E-state index contributed by atoms with van der Waals surface area (Å²) in [5, 5.41) is 2.95. The molecule has 1 saturated heterocycles. The van der Waals surface area contributed by atoms with Crippen molar-refractivity contribution < 1.29 is 14.3 Å². The molecule has 0 radical (unpaired) electrons. The quantitative estimate of drug-likeness (QED) is 0.799. The van der Waals surface area contributed by atoms with Crippen molar-refractivity contribution in [3.63, 3.8) is 0 Å². The van der Waals surface area contributed by atoms with E-state index >= 15 is 0 Å². The predicted octanol–water partition coefficient (Wildman–Crippen LogP) is 4.08. The van der Waals surface area contributed by atoms with Crippen molar-refractivity contribution in [2.75, 3.05) is 25.0 Å². The van der Waals surface area contributed by atoms with Crippen LogP contribution < -0.4 is 10.1 Å². The third-order valence-corrected chi connectivity index (χ3v) is 4.44. The number of pyridine rings is 1. The van der Waals surface area contributed by atoms with E-state index in [0.29, 0.717) is 13.2 Å². The fraction of sp³-hybridized carbons (Fsp3) is 0.429.